The van der Waals surface area contributed by atoms with E-state index in [1.165, 1.54) is 5.01 Å². The lowest BCUT2D eigenvalue weighted by Gasteiger charge is -2.29. The third-order valence-electron chi connectivity index (χ3n) is 7.16. The van der Waals surface area contributed by atoms with Crippen molar-refractivity contribution in [2.45, 2.75) is 25.3 Å². The number of hydrogen-bond acceptors (Lipinski definition) is 6. The molecule has 3 aromatic rings. The van der Waals surface area contributed by atoms with Gasteiger partial charge in [0.1, 0.15) is 28.7 Å². The van der Waals surface area contributed by atoms with Gasteiger partial charge in [-0.2, -0.15) is 5.10 Å². The van der Waals surface area contributed by atoms with Gasteiger partial charge in [0.25, 0.3) is 5.91 Å². The van der Waals surface area contributed by atoms with Crippen molar-refractivity contribution in [2.75, 3.05) is 20.8 Å². The summed E-state index contributed by atoms with van der Waals surface area (Å²) in [7, 11) is 3.19. The second-order valence-corrected chi connectivity index (χ2v) is 9.56. The van der Waals surface area contributed by atoms with E-state index in [2.05, 4.69) is 6.08 Å². The molecule has 0 aromatic heterocycles. The van der Waals surface area contributed by atoms with Crippen LogP contribution < -0.4 is 9.47 Å². The molecular weight excluding hydrogens is 518 g/mol. The van der Waals surface area contributed by atoms with Gasteiger partial charge in [-0.3, -0.25) is 4.79 Å². The van der Waals surface area contributed by atoms with Crippen molar-refractivity contribution in [3.05, 3.63) is 101 Å². The summed E-state index contributed by atoms with van der Waals surface area (Å²) in [6.07, 6.45) is 4.56. The average Bonchev–Trinajstić information content (AvgIpc) is 3.37. The van der Waals surface area contributed by atoms with Crippen LogP contribution in [0.15, 0.2) is 77.4 Å². The van der Waals surface area contributed by atoms with E-state index in [-0.39, 0.29) is 5.92 Å². The van der Waals surface area contributed by atoms with E-state index in [0.717, 1.165) is 65.6 Å². The summed E-state index contributed by atoms with van der Waals surface area (Å²) in [5.74, 6) is -2.64. The van der Waals surface area contributed by atoms with Crippen molar-refractivity contribution in [2.24, 2.45) is 11.0 Å². The maximum absolute atomic E-state index is 14.1. The fourth-order valence-electron chi connectivity index (χ4n) is 5.20. The van der Waals surface area contributed by atoms with Crippen LogP contribution in [0.3, 0.4) is 0 Å². The first kappa shape index (κ1) is 27.1. The number of benzene rings is 3. The highest BCUT2D eigenvalue weighted by Gasteiger charge is 2.44. The zero-order chi connectivity index (χ0) is 28.2. The van der Waals surface area contributed by atoms with Crippen LogP contribution in [-0.4, -0.2) is 43.4 Å². The molecule has 9 heteroatoms. The number of carbonyl (C=O) groups is 2. The zero-order valence-electron chi connectivity index (χ0n) is 22.1. The van der Waals surface area contributed by atoms with Crippen LogP contribution in [0.25, 0.3) is 6.08 Å². The third-order valence-corrected chi connectivity index (χ3v) is 7.16. The molecule has 3 aromatic carbocycles. The molecule has 0 unspecified atom stereocenters. The fourth-order valence-corrected chi connectivity index (χ4v) is 5.20. The molecule has 0 saturated heterocycles. The van der Waals surface area contributed by atoms with Gasteiger partial charge >= 0.3 is 5.97 Å². The maximum atomic E-state index is 14.1. The summed E-state index contributed by atoms with van der Waals surface area (Å²) in [5, 5.41) is 6.08. The summed E-state index contributed by atoms with van der Waals surface area (Å²) < 4.78 is 43.7. The largest absolute Gasteiger partial charge is 0.497 e. The molecule has 1 fully saturated rings. The standard InChI is InChI=1S/C31H28F2N2O5/c1-38-22-13-9-19(10-14-22)17-21-5-3-6-24-29(21)34-35(30(24)20-11-15-23(39-2)16-12-20)27(36)18-40-31(37)28-25(32)7-4-8-26(28)33/h4,7-17,24,30H,3,5-6,18H2,1-2H3/b21-17-/t24-,30+/m0/s1. The van der Waals surface area contributed by atoms with Gasteiger partial charge < -0.3 is 14.2 Å². The van der Waals surface area contributed by atoms with Crippen LogP contribution in [-0.2, 0) is 9.53 Å². The number of allylic oxidation sites excluding steroid dienone is 1. The maximum Gasteiger partial charge on any atom is 0.344 e. The Kier molecular flexibility index (Phi) is 7.91. The number of halogens is 2. The van der Waals surface area contributed by atoms with Crippen LogP contribution in [0.5, 0.6) is 11.5 Å². The Bertz CT molecular complexity index is 1450. The highest BCUT2D eigenvalue weighted by molar-refractivity contribution is 6.08. The minimum Gasteiger partial charge on any atom is -0.497 e. The van der Waals surface area contributed by atoms with Gasteiger partial charge in [-0.15, -0.1) is 0 Å². The minimum atomic E-state index is -1.26. The van der Waals surface area contributed by atoms with E-state index < -0.39 is 41.7 Å². The molecule has 0 radical (unpaired) electrons. The number of hydrogen-bond donors (Lipinski definition) is 0. The van der Waals surface area contributed by atoms with Gasteiger partial charge in [-0.05, 0) is 78.4 Å². The van der Waals surface area contributed by atoms with E-state index in [0.29, 0.717) is 5.75 Å². The SMILES string of the molecule is COc1ccc(/C=C2/CCC[C@H]3C2=NN(C(=O)COC(=O)c2c(F)cccc2F)[C@@H]3c2ccc(OC)cc2)cc1. The van der Waals surface area contributed by atoms with E-state index in [4.69, 9.17) is 19.3 Å². The topological polar surface area (TPSA) is 77.4 Å². The monoisotopic (exact) mass is 546 g/mol. The highest BCUT2D eigenvalue weighted by atomic mass is 19.1. The van der Waals surface area contributed by atoms with Gasteiger partial charge in [-0.25, -0.2) is 18.6 Å². The number of hydrazone groups is 1. The van der Waals surface area contributed by atoms with E-state index in [9.17, 15) is 18.4 Å². The van der Waals surface area contributed by atoms with Gasteiger partial charge in [0, 0.05) is 5.92 Å². The first-order valence-electron chi connectivity index (χ1n) is 12.9. The number of fused-ring (bicyclic) bond motifs is 1. The number of carbonyl (C=O) groups excluding carboxylic acids is 2. The highest BCUT2D eigenvalue weighted by Crippen LogP contribution is 2.44. The smallest absolute Gasteiger partial charge is 0.344 e. The van der Waals surface area contributed by atoms with Crippen molar-refractivity contribution < 1.29 is 32.6 Å². The second kappa shape index (κ2) is 11.7. The lowest BCUT2D eigenvalue weighted by molar-refractivity contribution is -0.137. The van der Waals surface area contributed by atoms with Crippen LogP contribution in [0.4, 0.5) is 8.78 Å². The molecule has 0 N–H and O–H groups in total. The van der Waals surface area contributed by atoms with Crippen LogP contribution in [0, 0.1) is 17.6 Å². The van der Waals surface area contributed by atoms with Gasteiger partial charge in [0.15, 0.2) is 6.61 Å². The average molecular weight is 547 g/mol. The van der Waals surface area contributed by atoms with Crippen LogP contribution >= 0.6 is 0 Å². The molecule has 40 heavy (non-hydrogen) atoms. The summed E-state index contributed by atoms with van der Waals surface area (Å²) in [5.41, 5.74) is 2.79. The Balaban J connectivity index is 1.44. The predicted octanol–water partition coefficient (Wildman–Crippen LogP) is 5.96. The molecule has 2 atom stereocenters. The van der Waals surface area contributed by atoms with Crippen molar-refractivity contribution in [1.29, 1.82) is 0 Å². The Morgan fingerprint density at radius 1 is 0.950 bits per heavy atom. The van der Waals surface area contributed by atoms with E-state index >= 15 is 0 Å². The number of rotatable bonds is 7. The third kappa shape index (κ3) is 5.45. The number of nitrogens with zero attached hydrogens (tertiary/aromatic N) is 2. The molecule has 7 nitrogen and oxygen atoms in total. The van der Waals surface area contributed by atoms with Gasteiger partial charge in [0.2, 0.25) is 0 Å². The molecule has 2 aliphatic rings. The first-order valence-corrected chi connectivity index (χ1v) is 12.9. The molecule has 206 valence electrons. The Hall–Kier alpha value is -4.53. The number of methoxy groups -OCH3 is 2. The lowest BCUT2D eigenvalue weighted by atomic mass is 9.77. The molecule has 1 aliphatic heterocycles. The van der Waals surface area contributed by atoms with Gasteiger partial charge in [0.05, 0.1) is 26.0 Å². The lowest BCUT2D eigenvalue weighted by Crippen LogP contribution is -2.34. The summed E-state index contributed by atoms with van der Waals surface area (Å²) in [6, 6.07) is 17.7. The molecular formula is C31H28F2N2O5. The van der Waals surface area contributed by atoms with Crippen molar-refractivity contribution >= 4 is 23.7 Å². The Labute approximate surface area is 230 Å². The van der Waals surface area contributed by atoms with Crippen LogP contribution in [0.2, 0.25) is 0 Å². The van der Waals surface area contributed by atoms with Crippen molar-refractivity contribution in [1.82, 2.24) is 5.01 Å². The molecule has 1 saturated carbocycles. The number of amides is 1. The summed E-state index contributed by atoms with van der Waals surface area (Å²) >= 11 is 0. The fraction of sp³-hybridized carbons (Fsp3) is 0.258. The molecule has 0 bridgehead atoms. The predicted molar refractivity (Wildman–Crippen MR) is 145 cm³/mol. The van der Waals surface area contributed by atoms with Crippen LogP contribution in [0.1, 0.15) is 46.8 Å². The molecule has 5 rings (SSSR count). The van der Waals surface area contributed by atoms with E-state index in [1.807, 2.05) is 48.5 Å². The summed E-state index contributed by atoms with van der Waals surface area (Å²) in [6.45, 7) is -0.722. The zero-order valence-corrected chi connectivity index (χ0v) is 22.1. The van der Waals surface area contributed by atoms with Crippen molar-refractivity contribution in [3.8, 4) is 11.5 Å². The van der Waals surface area contributed by atoms with E-state index in [1.54, 1.807) is 14.2 Å². The molecule has 1 amide bonds. The molecule has 1 heterocycles. The number of esters is 1. The quantitative estimate of drug-likeness (QED) is 0.342. The first-order chi connectivity index (χ1) is 19.4. The Morgan fingerprint density at radius 3 is 2.20 bits per heavy atom. The normalized spacial score (nSPS) is 19.1. The number of ether oxygens (including phenoxy) is 3. The summed E-state index contributed by atoms with van der Waals surface area (Å²) in [4.78, 5) is 25.9. The second-order valence-electron chi connectivity index (χ2n) is 9.56. The molecule has 1 aliphatic carbocycles. The molecule has 0 spiro atoms. The van der Waals surface area contributed by atoms with Crippen molar-refractivity contribution in [3.63, 3.8) is 0 Å². The Morgan fingerprint density at radius 2 is 1.57 bits per heavy atom. The minimum absolute atomic E-state index is 0.0877. The van der Waals surface area contributed by atoms with Gasteiger partial charge in [-0.1, -0.05) is 30.3 Å².